The monoisotopic (exact) mass is 374 g/mol. The summed E-state index contributed by atoms with van der Waals surface area (Å²) < 4.78 is 5.30. The molecule has 0 heterocycles. The van der Waals surface area contributed by atoms with Crippen LogP contribution in [0, 0.1) is 0 Å². The quantitative estimate of drug-likeness (QED) is 0.324. The van der Waals surface area contributed by atoms with Crippen molar-refractivity contribution in [2.75, 3.05) is 0 Å². The Morgan fingerprint density at radius 2 is 1.42 bits per heavy atom. The van der Waals surface area contributed by atoms with Gasteiger partial charge in [0.1, 0.15) is 5.75 Å². The molecule has 0 spiro atoms. The third-order valence-corrected chi connectivity index (χ3v) is 5.01. The van der Waals surface area contributed by atoms with E-state index in [-0.39, 0.29) is 0 Å². The van der Waals surface area contributed by atoms with Crippen LogP contribution in [0.5, 0.6) is 5.75 Å². The van der Waals surface area contributed by atoms with E-state index in [0.717, 1.165) is 24.0 Å². The van der Waals surface area contributed by atoms with Gasteiger partial charge in [-0.1, -0.05) is 94.3 Å². The van der Waals surface area contributed by atoms with E-state index >= 15 is 0 Å². The second-order valence-electron chi connectivity index (χ2n) is 6.73. The molecular formula is C22H31O3P. The van der Waals surface area contributed by atoms with Gasteiger partial charge in [0.05, 0.1) is 0 Å². The molecule has 0 amide bonds. The second-order valence-corrected chi connectivity index (χ2v) is 7.41. The largest absolute Gasteiger partial charge is 0.426 e. The summed E-state index contributed by atoms with van der Waals surface area (Å²) in [5.74, 6) is 0.546. The first-order chi connectivity index (χ1) is 12.7. The van der Waals surface area contributed by atoms with Gasteiger partial charge in [-0.05, 0) is 30.0 Å². The SMILES string of the molecule is CCCCCCCCCCc1cccc(OP(O)O)c1-c1ccccc1. The molecule has 4 heteroatoms. The van der Waals surface area contributed by atoms with Crippen LogP contribution < -0.4 is 4.52 Å². The lowest BCUT2D eigenvalue weighted by molar-refractivity contribution is 0.375. The predicted molar refractivity (Wildman–Crippen MR) is 110 cm³/mol. The summed E-state index contributed by atoms with van der Waals surface area (Å²) in [4.78, 5) is 18.6. The lowest BCUT2D eigenvalue weighted by Crippen LogP contribution is -1.96. The van der Waals surface area contributed by atoms with Gasteiger partial charge in [0.2, 0.25) is 0 Å². The van der Waals surface area contributed by atoms with E-state index in [9.17, 15) is 9.79 Å². The Morgan fingerprint density at radius 1 is 0.769 bits per heavy atom. The van der Waals surface area contributed by atoms with Crippen LogP contribution in [-0.2, 0) is 6.42 Å². The maximum Gasteiger partial charge on any atom is 0.391 e. The van der Waals surface area contributed by atoms with Crippen LogP contribution in [0.25, 0.3) is 11.1 Å². The number of rotatable bonds is 12. The molecule has 0 atom stereocenters. The first kappa shape index (κ1) is 20.9. The van der Waals surface area contributed by atoms with Gasteiger partial charge < -0.3 is 14.3 Å². The molecule has 0 aliphatic carbocycles. The summed E-state index contributed by atoms with van der Waals surface area (Å²) in [6, 6.07) is 15.9. The number of hydrogen-bond donors (Lipinski definition) is 2. The highest BCUT2D eigenvalue weighted by atomic mass is 31.2. The van der Waals surface area contributed by atoms with Crippen molar-refractivity contribution in [3.63, 3.8) is 0 Å². The molecule has 0 saturated carbocycles. The first-order valence-electron chi connectivity index (χ1n) is 9.75. The maximum atomic E-state index is 9.30. The highest BCUT2D eigenvalue weighted by Crippen LogP contribution is 2.39. The molecule has 2 aromatic carbocycles. The van der Waals surface area contributed by atoms with Crippen molar-refractivity contribution < 1.29 is 14.3 Å². The average molecular weight is 374 g/mol. The number of unbranched alkanes of at least 4 members (excludes halogenated alkanes) is 7. The minimum atomic E-state index is -2.42. The van der Waals surface area contributed by atoms with E-state index in [1.54, 1.807) is 6.07 Å². The lowest BCUT2D eigenvalue weighted by atomic mass is 9.94. The summed E-state index contributed by atoms with van der Waals surface area (Å²) in [5, 5.41) is 0. The van der Waals surface area contributed by atoms with Gasteiger partial charge in [-0.15, -0.1) is 0 Å². The average Bonchev–Trinajstić information content (AvgIpc) is 2.64. The van der Waals surface area contributed by atoms with E-state index in [0.29, 0.717) is 5.75 Å². The Hall–Kier alpha value is -1.41. The third-order valence-electron chi connectivity index (χ3n) is 4.65. The van der Waals surface area contributed by atoms with Crippen LogP contribution in [0.2, 0.25) is 0 Å². The smallest absolute Gasteiger partial charge is 0.391 e. The van der Waals surface area contributed by atoms with Crippen molar-refractivity contribution in [2.24, 2.45) is 0 Å². The fourth-order valence-electron chi connectivity index (χ4n) is 3.33. The Morgan fingerprint density at radius 3 is 2.08 bits per heavy atom. The molecule has 0 aliphatic heterocycles. The second kappa shape index (κ2) is 12.1. The van der Waals surface area contributed by atoms with Gasteiger partial charge in [-0.25, -0.2) is 0 Å². The molecule has 142 valence electrons. The van der Waals surface area contributed by atoms with Crippen molar-refractivity contribution in [3.05, 3.63) is 54.1 Å². The van der Waals surface area contributed by atoms with Gasteiger partial charge >= 0.3 is 8.60 Å². The Labute approximate surface area is 159 Å². The molecule has 0 bridgehead atoms. The van der Waals surface area contributed by atoms with Crippen molar-refractivity contribution >= 4 is 8.60 Å². The van der Waals surface area contributed by atoms with Crippen LogP contribution in [0.15, 0.2) is 48.5 Å². The number of hydrogen-bond acceptors (Lipinski definition) is 3. The van der Waals surface area contributed by atoms with E-state index in [1.165, 1.54) is 50.5 Å². The van der Waals surface area contributed by atoms with Crippen molar-refractivity contribution in [1.29, 1.82) is 0 Å². The van der Waals surface area contributed by atoms with E-state index < -0.39 is 8.60 Å². The normalized spacial score (nSPS) is 11.1. The topological polar surface area (TPSA) is 49.7 Å². The fraction of sp³-hybridized carbons (Fsp3) is 0.455. The highest BCUT2D eigenvalue weighted by molar-refractivity contribution is 7.39. The van der Waals surface area contributed by atoms with E-state index in [1.807, 2.05) is 36.4 Å². The molecule has 2 rings (SSSR count). The van der Waals surface area contributed by atoms with Gasteiger partial charge in [0.25, 0.3) is 0 Å². The van der Waals surface area contributed by atoms with Gasteiger partial charge in [0, 0.05) is 5.56 Å². The molecule has 0 fully saturated rings. The van der Waals surface area contributed by atoms with Crippen LogP contribution in [0.3, 0.4) is 0 Å². The number of aryl methyl sites for hydroxylation is 1. The van der Waals surface area contributed by atoms with Crippen LogP contribution in [-0.4, -0.2) is 9.79 Å². The van der Waals surface area contributed by atoms with Gasteiger partial charge in [-0.3, -0.25) is 0 Å². The van der Waals surface area contributed by atoms with Crippen LogP contribution >= 0.6 is 8.60 Å². The Kier molecular flexibility index (Phi) is 9.70. The molecule has 0 saturated heterocycles. The summed E-state index contributed by atoms with van der Waals surface area (Å²) in [6.45, 7) is 2.25. The number of benzene rings is 2. The summed E-state index contributed by atoms with van der Waals surface area (Å²) in [7, 11) is -2.42. The first-order valence-corrected chi connectivity index (χ1v) is 10.9. The van der Waals surface area contributed by atoms with Crippen molar-refractivity contribution in [3.8, 4) is 16.9 Å². The zero-order valence-corrected chi connectivity index (χ0v) is 16.6. The maximum absolute atomic E-state index is 9.30. The summed E-state index contributed by atoms with van der Waals surface area (Å²) >= 11 is 0. The molecule has 0 aliphatic rings. The molecule has 2 N–H and O–H groups in total. The van der Waals surface area contributed by atoms with Crippen molar-refractivity contribution in [2.45, 2.75) is 64.7 Å². The third kappa shape index (κ3) is 7.07. The molecular weight excluding hydrogens is 343 g/mol. The Balaban J connectivity index is 1.99. The zero-order valence-electron chi connectivity index (χ0n) is 15.7. The minimum Gasteiger partial charge on any atom is -0.426 e. The molecule has 26 heavy (non-hydrogen) atoms. The van der Waals surface area contributed by atoms with E-state index in [4.69, 9.17) is 4.52 Å². The molecule has 0 aromatic heterocycles. The van der Waals surface area contributed by atoms with Crippen molar-refractivity contribution in [1.82, 2.24) is 0 Å². The molecule has 0 unspecified atom stereocenters. The van der Waals surface area contributed by atoms with E-state index in [2.05, 4.69) is 13.0 Å². The molecule has 3 nitrogen and oxygen atoms in total. The zero-order chi connectivity index (χ0) is 18.6. The van der Waals surface area contributed by atoms with Crippen LogP contribution in [0.1, 0.15) is 63.9 Å². The van der Waals surface area contributed by atoms with Gasteiger partial charge in [0.15, 0.2) is 0 Å². The molecule has 2 aromatic rings. The summed E-state index contributed by atoms with van der Waals surface area (Å²) in [6.07, 6.45) is 11.3. The van der Waals surface area contributed by atoms with Crippen LogP contribution in [0.4, 0.5) is 0 Å². The predicted octanol–water partition coefficient (Wildman–Crippen LogP) is 6.63. The fourth-order valence-corrected chi connectivity index (χ4v) is 3.66. The molecule has 0 radical (unpaired) electrons. The van der Waals surface area contributed by atoms with Gasteiger partial charge in [-0.2, -0.15) is 0 Å². The minimum absolute atomic E-state index is 0.546. The standard InChI is InChI=1S/C22H31O3P/c1-2-3-4-5-6-7-8-10-14-20-17-13-18-21(25-26(23)24)22(20)19-15-11-9-12-16-19/h9,11-13,15-18,23-24H,2-8,10,14H2,1H3. The highest BCUT2D eigenvalue weighted by Gasteiger charge is 2.14. The summed E-state index contributed by atoms with van der Waals surface area (Å²) in [5.41, 5.74) is 3.23. The lowest BCUT2D eigenvalue weighted by Gasteiger charge is -2.16. The Bertz CT molecular complexity index is 629.